The van der Waals surface area contributed by atoms with Crippen molar-refractivity contribution in [3.63, 3.8) is 0 Å². The molecule has 0 radical (unpaired) electrons. The van der Waals surface area contributed by atoms with Crippen molar-refractivity contribution in [1.82, 2.24) is 15.3 Å². The predicted octanol–water partition coefficient (Wildman–Crippen LogP) is 2.99. The second kappa shape index (κ2) is 6.12. The van der Waals surface area contributed by atoms with Crippen LogP contribution in [0.1, 0.15) is 33.5 Å². The second-order valence-corrected chi connectivity index (χ2v) is 5.39. The van der Waals surface area contributed by atoms with Crippen LogP contribution in [0, 0.1) is 6.92 Å². The van der Waals surface area contributed by atoms with E-state index in [1.165, 1.54) is 11.3 Å². The summed E-state index contributed by atoms with van der Waals surface area (Å²) in [7, 11) is 0. The molecule has 0 aliphatic heterocycles. The van der Waals surface area contributed by atoms with Crippen LogP contribution in [-0.4, -0.2) is 15.9 Å². The number of rotatable bonds is 4. The monoisotopic (exact) mass is 295 g/mol. The molecule has 0 aliphatic rings. The maximum Gasteiger partial charge on any atom is 0.251 e. The Kier molecular flexibility index (Phi) is 4.50. The highest BCUT2D eigenvalue weighted by Gasteiger charge is 2.10. The molecule has 2 aromatic rings. The lowest BCUT2D eigenvalue weighted by molar-refractivity contribution is 0.0951. The molecule has 0 saturated heterocycles. The van der Waals surface area contributed by atoms with Crippen molar-refractivity contribution in [2.75, 3.05) is 0 Å². The van der Waals surface area contributed by atoms with Gasteiger partial charge in [-0.2, -0.15) is 0 Å². The average molecular weight is 296 g/mol. The van der Waals surface area contributed by atoms with E-state index in [4.69, 9.17) is 11.6 Å². The largest absolute Gasteiger partial charge is 0.347 e. The van der Waals surface area contributed by atoms with Gasteiger partial charge in [-0.3, -0.25) is 4.79 Å². The summed E-state index contributed by atoms with van der Waals surface area (Å²) in [5.74, 6) is -0.146. The Labute approximate surface area is 120 Å². The topological polar surface area (TPSA) is 54.9 Å². The Morgan fingerprint density at radius 1 is 1.47 bits per heavy atom. The third kappa shape index (κ3) is 3.52. The van der Waals surface area contributed by atoms with Crippen molar-refractivity contribution < 1.29 is 4.79 Å². The van der Waals surface area contributed by atoms with E-state index in [0.717, 1.165) is 22.7 Å². The first-order valence-corrected chi connectivity index (χ1v) is 7.19. The molecule has 2 heterocycles. The normalized spacial score (nSPS) is 10.5. The summed E-state index contributed by atoms with van der Waals surface area (Å²) >= 11 is 7.43. The zero-order valence-corrected chi connectivity index (χ0v) is 12.3. The van der Waals surface area contributed by atoms with Gasteiger partial charge in [0.25, 0.3) is 5.91 Å². The zero-order chi connectivity index (χ0) is 13.8. The van der Waals surface area contributed by atoms with E-state index >= 15 is 0 Å². The average Bonchev–Trinajstić information content (AvgIpc) is 2.80. The van der Waals surface area contributed by atoms with Crippen molar-refractivity contribution in [2.45, 2.75) is 26.8 Å². The lowest BCUT2D eigenvalue weighted by atomic mass is 10.2. The molecular weight excluding hydrogens is 282 g/mol. The molecule has 19 heavy (non-hydrogen) atoms. The molecule has 0 atom stereocenters. The summed E-state index contributed by atoms with van der Waals surface area (Å²) < 4.78 is 0. The lowest BCUT2D eigenvalue weighted by Crippen LogP contribution is -2.23. The fourth-order valence-corrected chi connectivity index (χ4v) is 2.56. The van der Waals surface area contributed by atoms with Crippen molar-refractivity contribution in [3.05, 3.63) is 44.6 Å². The molecule has 1 N–H and O–H groups in total. The lowest BCUT2D eigenvalue weighted by Gasteiger charge is -2.06. The highest BCUT2D eigenvalue weighted by molar-refractivity contribution is 7.09. The molecule has 0 aliphatic carbocycles. The molecule has 0 unspecified atom stereocenters. The minimum absolute atomic E-state index is 0.146. The van der Waals surface area contributed by atoms with E-state index in [9.17, 15) is 4.79 Å². The number of thiazole rings is 1. The quantitative estimate of drug-likeness (QED) is 0.882. The van der Waals surface area contributed by atoms with E-state index in [0.29, 0.717) is 17.3 Å². The van der Waals surface area contributed by atoms with Gasteiger partial charge < -0.3 is 5.32 Å². The van der Waals surface area contributed by atoms with Crippen LogP contribution in [0.4, 0.5) is 0 Å². The standard InChI is InChI=1S/C13H14ClN3OS/c1-3-10-4-9(5-12(14)17-10)13(18)15-6-11-8(2)16-7-19-11/h4-5,7H,3,6H2,1-2H3,(H,15,18). The first kappa shape index (κ1) is 14.0. The minimum Gasteiger partial charge on any atom is -0.347 e. The fraction of sp³-hybridized carbons (Fsp3) is 0.308. The van der Waals surface area contributed by atoms with Gasteiger partial charge in [0, 0.05) is 16.1 Å². The van der Waals surface area contributed by atoms with Crippen LogP contribution in [-0.2, 0) is 13.0 Å². The number of hydrogen-bond donors (Lipinski definition) is 1. The Balaban J connectivity index is 2.08. The number of amides is 1. The fourth-order valence-electron chi connectivity index (χ4n) is 1.62. The highest BCUT2D eigenvalue weighted by atomic mass is 35.5. The van der Waals surface area contributed by atoms with Gasteiger partial charge in [0.1, 0.15) is 5.15 Å². The Hall–Kier alpha value is -1.46. The number of nitrogens with one attached hydrogen (secondary N) is 1. The molecule has 0 aromatic carbocycles. The van der Waals surface area contributed by atoms with Gasteiger partial charge in [-0.05, 0) is 25.5 Å². The summed E-state index contributed by atoms with van der Waals surface area (Å²) in [5.41, 5.74) is 4.08. The molecule has 4 nitrogen and oxygen atoms in total. The summed E-state index contributed by atoms with van der Waals surface area (Å²) in [6.45, 7) is 4.38. The summed E-state index contributed by atoms with van der Waals surface area (Å²) in [4.78, 5) is 21.4. The Bertz CT molecular complexity index is 597. The van der Waals surface area contributed by atoms with Crippen molar-refractivity contribution in [3.8, 4) is 0 Å². The summed E-state index contributed by atoms with van der Waals surface area (Å²) in [5, 5.41) is 3.21. The molecule has 2 rings (SSSR count). The molecule has 1 amide bonds. The molecule has 0 spiro atoms. The van der Waals surface area contributed by atoms with Crippen molar-refractivity contribution in [2.24, 2.45) is 0 Å². The molecule has 2 aromatic heterocycles. The molecule has 100 valence electrons. The molecule has 0 fully saturated rings. The summed E-state index contributed by atoms with van der Waals surface area (Å²) in [6, 6.07) is 3.34. The number of carbonyl (C=O) groups excluding carboxylic acids is 1. The first-order chi connectivity index (χ1) is 9.10. The van der Waals surface area contributed by atoms with Gasteiger partial charge in [0.05, 0.1) is 17.7 Å². The molecular formula is C13H14ClN3OS. The number of pyridine rings is 1. The van der Waals surface area contributed by atoms with Crippen LogP contribution in [0.15, 0.2) is 17.6 Å². The van der Waals surface area contributed by atoms with Crippen LogP contribution in [0.2, 0.25) is 5.15 Å². The van der Waals surface area contributed by atoms with E-state index in [1.54, 1.807) is 17.6 Å². The van der Waals surface area contributed by atoms with E-state index in [-0.39, 0.29) is 5.91 Å². The number of aryl methyl sites for hydroxylation is 2. The third-order valence-electron chi connectivity index (χ3n) is 2.73. The predicted molar refractivity (Wildman–Crippen MR) is 76.6 cm³/mol. The molecule has 0 saturated carbocycles. The molecule has 6 heteroatoms. The van der Waals surface area contributed by atoms with Crippen LogP contribution < -0.4 is 5.32 Å². The van der Waals surface area contributed by atoms with Gasteiger partial charge in [-0.15, -0.1) is 11.3 Å². The minimum atomic E-state index is -0.146. The van der Waals surface area contributed by atoms with Gasteiger partial charge in [0.15, 0.2) is 0 Å². The van der Waals surface area contributed by atoms with E-state index < -0.39 is 0 Å². The Morgan fingerprint density at radius 3 is 2.89 bits per heavy atom. The van der Waals surface area contributed by atoms with Gasteiger partial charge in [0.2, 0.25) is 0 Å². The van der Waals surface area contributed by atoms with Crippen molar-refractivity contribution >= 4 is 28.8 Å². The maximum absolute atomic E-state index is 12.1. The van der Waals surface area contributed by atoms with E-state index in [1.807, 2.05) is 13.8 Å². The second-order valence-electron chi connectivity index (χ2n) is 4.07. The number of nitrogens with zero attached hydrogens (tertiary/aromatic N) is 2. The zero-order valence-electron chi connectivity index (χ0n) is 10.7. The first-order valence-electron chi connectivity index (χ1n) is 5.93. The van der Waals surface area contributed by atoms with Gasteiger partial charge >= 0.3 is 0 Å². The summed E-state index contributed by atoms with van der Waals surface area (Å²) in [6.07, 6.45) is 0.745. The maximum atomic E-state index is 12.1. The third-order valence-corrected chi connectivity index (χ3v) is 3.85. The highest BCUT2D eigenvalue weighted by Crippen LogP contribution is 2.14. The van der Waals surface area contributed by atoms with Crippen LogP contribution in [0.3, 0.4) is 0 Å². The van der Waals surface area contributed by atoms with Crippen LogP contribution >= 0.6 is 22.9 Å². The number of halogens is 1. The number of carbonyl (C=O) groups is 1. The van der Waals surface area contributed by atoms with Crippen LogP contribution in [0.5, 0.6) is 0 Å². The van der Waals surface area contributed by atoms with Crippen molar-refractivity contribution in [1.29, 1.82) is 0 Å². The van der Waals surface area contributed by atoms with Gasteiger partial charge in [-0.1, -0.05) is 18.5 Å². The van der Waals surface area contributed by atoms with E-state index in [2.05, 4.69) is 15.3 Å². The smallest absolute Gasteiger partial charge is 0.251 e. The SMILES string of the molecule is CCc1cc(C(=O)NCc2scnc2C)cc(Cl)n1. The number of aromatic nitrogens is 2. The molecule has 0 bridgehead atoms. The number of hydrogen-bond acceptors (Lipinski definition) is 4. The Morgan fingerprint density at radius 2 is 2.26 bits per heavy atom. The van der Waals surface area contributed by atoms with Gasteiger partial charge in [-0.25, -0.2) is 9.97 Å². The van der Waals surface area contributed by atoms with Crippen LogP contribution in [0.25, 0.3) is 0 Å².